The second kappa shape index (κ2) is 3.61. The number of benzene rings is 1. The van der Waals surface area contributed by atoms with Gasteiger partial charge in [0, 0.05) is 4.47 Å². The number of halogens is 1. The third-order valence-electron chi connectivity index (χ3n) is 2.16. The van der Waals surface area contributed by atoms with Crippen LogP contribution in [0.4, 0.5) is 5.69 Å². The fraction of sp³-hybridized carbons (Fsp3) is 0.300. The minimum atomic E-state index is -0.116. The number of fused-ring (bicyclic) bond motifs is 1. The van der Waals surface area contributed by atoms with Gasteiger partial charge in [0.15, 0.2) is 0 Å². The zero-order valence-corrected chi connectivity index (χ0v) is 9.30. The van der Waals surface area contributed by atoms with Crippen LogP contribution in [0.2, 0.25) is 0 Å². The molecule has 1 aliphatic rings. The second-order valence-corrected chi connectivity index (χ2v) is 4.17. The Labute approximate surface area is 90.6 Å². The minimum absolute atomic E-state index is 0.00403. The molecule has 3 nitrogen and oxygen atoms in total. The van der Waals surface area contributed by atoms with Crippen LogP contribution in [-0.2, 0) is 4.79 Å². The van der Waals surface area contributed by atoms with Crippen LogP contribution in [0.15, 0.2) is 22.7 Å². The summed E-state index contributed by atoms with van der Waals surface area (Å²) in [5.41, 5.74) is 0.724. The average molecular weight is 256 g/mol. The normalized spacial score (nSPS) is 20.4. The molecule has 1 aliphatic heterocycles. The topological polar surface area (TPSA) is 38.3 Å². The van der Waals surface area contributed by atoms with Gasteiger partial charge in [-0.25, -0.2) is 0 Å². The summed E-state index contributed by atoms with van der Waals surface area (Å²) in [6.07, 6.45) is 0. The van der Waals surface area contributed by atoms with Gasteiger partial charge in [-0.15, -0.1) is 0 Å². The Bertz CT molecular complexity index is 378. The predicted molar refractivity (Wildman–Crippen MR) is 57.4 cm³/mol. The van der Waals surface area contributed by atoms with E-state index in [1.165, 1.54) is 0 Å². The highest BCUT2D eigenvalue weighted by Crippen LogP contribution is 2.34. The van der Waals surface area contributed by atoms with Gasteiger partial charge in [-0.2, -0.15) is 0 Å². The van der Waals surface area contributed by atoms with Gasteiger partial charge < -0.3 is 10.1 Å². The molecule has 1 aromatic rings. The number of hydrogen-bond acceptors (Lipinski definition) is 2. The van der Waals surface area contributed by atoms with Gasteiger partial charge in [0.25, 0.3) is 0 Å². The number of carbonyl (C=O) groups excluding carboxylic acids is 1. The Morgan fingerprint density at radius 3 is 3.14 bits per heavy atom. The number of para-hydroxylation sites is 1. The zero-order chi connectivity index (χ0) is 10.1. The van der Waals surface area contributed by atoms with Crippen molar-refractivity contribution in [2.24, 2.45) is 5.92 Å². The lowest BCUT2D eigenvalue weighted by Gasteiger charge is -2.07. The highest BCUT2D eigenvalue weighted by molar-refractivity contribution is 9.10. The molecule has 0 radical (unpaired) electrons. The summed E-state index contributed by atoms with van der Waals surface area (Å²) in [6.45, 7) is 2.27. The highest BCUT2D eigenvalue weighted by Gasteiger charge is 2.21. The molecule has 0 saturated carbocycles. The first-order valence-corrected chi connectivity index (χ1v) is 5.20. The van der Waals surface area contributed by atoms with Crippen molar-refractivity contribution in [3.63, 3.8) is 0 Å². The molecule has 1 unspecified atom stereocenters. The Kier molecular flexibility index (Phi) is 2.46. The van der Waals surface area contributed by atoms with Crippen molar-refractivity contribution in [3.05, 3.63) is 22.7 Å². The number of hydrogen-bond donors (Lipinski definition) is 1. The maximum Gasteiger partial charge on any atom is 0.230 e. The molecule has 0 spiro atoms. The number of carbonyl (C=O) groups is 1. The van der Waals surface area contributed by atoms with Gasteiger partial charge in [-0.05, 0) is 28.1 Å². The summed E-state index contributed by atoms with van der Waals surface area (Å²) in [7, 11) is 0. The van der Waals surface area contributed by atoms with Crippen LogP contribution in [0.5, 0.6) is 5.75 Å². The molecule has 1 atom stereocenters. The van der Waals surface area contributed by atoms with Crippen molar-refractivity contribution in [3.8, 4) is 5.75 Å². The van der Waals surface area contributed by atoms with Crippen LogP contribution < -0.4 is 10.1 Å². The third-order valence-corrected chi connectivity index (χ3v) is 2.82. The molecule has 74 valence electrons. The lowest BCUT2D eigenvalue weighted by molar-refractivity contribution is -0.119. The molecule has 0 fully saturated rings. The van der Waals surface area contributed by atoms with Gasteiger partial charge in [0.1, 0.15) is 5.75 Å². The van der Waals surface area contributed by atoms with Crippen molar-refractivity contribution >= 4 is 27.5 Å². The Morgan fingerprint density at radius 1 is 1.57 bits per heavy atom. The zero-order valence-electron chi connectivity index (χ0n) is 7.71. The summed E-state index contributed by atoms with van der Waals surface area (Å²) < 4.78 is 6.34. The van der Waals surface area contributed by atoms with Crippen LogP contribution in [0.25, 0.3) is 0 Å². The van der Waals surface area contributed by atoms with E-state index in [9.17, 15) is 4.79 Å². The summed E-state index contributed by atoms with van der Waals surface area (Å²) in [4.78, 5) is 11.5. The van der Waals surface area contributed by atoms with E-state index in [2.05, 4.69) is 21.2 Å². The minimum Gasteiger partial charge on any atom is -0.491 e. The van der Waals surface area contributed by atoms with E-state index in [1.54, 1.807) is 0 Å². The van der Waals surface area contributed by atoms with E-state index in [-0.39, 0.29) is 11.8 Å². The van der Waals surface area contributed by atoms with Crippen LogP contribution >= 0.6 is 15.9 Å². The molecule has 1 heterocycles. The fourth-order valence-electron chi connectivity index (χ4n) is 1.28. The number of anilines is 1. The number of amides is 1. The molecule has 2 rings (SSSR count). The molecule has 1 amide bonds. The largest absolute Gasteiger partial charge is 0.491 e. The van der Waals surface area contributed by atoms with E-state index in [0.717, 1.165) is 15.9 Å². The quantitative estimate of drug-likeness (QED) is 0.774. The summed E-state index contributed by atoms with van der Waals surface area (Å²) in [5.74, 6) is 0.599. The van der Waals surface area contributed by atoms with Crippen LogP contribution in [-0.4, -0.2) is 12.5 Å². The molecular weight excluding hydrogens is 246 g/mol. The molecule has 4 heteroatoms. The van der Waals surface area contributed by atoms with Crippen molar-refractivity contribution in [1.29, 1.82) is 0 Å². The van der Waals surface area contributed by atoms with E-state index in [0.29, 0.717) is 6.61 Å². The predicted octanol–water partition coefficient (Wildman–Crippen LogP) is 2.42. The van der Waals surface area contributed by atoms with E-state index >= 15 is 0 Å². The molecule has 0 saturated heterocycles. The van der Waals surface area contributed by atoms with Crippen molar-refractivity contribution < 1.29 is 9.53 Å². The number of ether oxygens (including phenoxy) is 1. The van der Waals surface area contributed by atoms with Gasteiger partial charge >= 0.3 is 0 Å². The summed E-state index contributed by atoms with van der Waals surface area (Å²) in [5, 5.41) is 2.83. The van der Waals surface area contributed by atoms with Gasteiger partial charge in [0.05, 0.1) is 18.2 Å². The van der Waals surface area contributed by atoms with Gasteiger partial charge in [0.2, 0.25) is 5.91 Å². The standard InChI is InChI=1S/C10H10BrNO2/c1-6-5-14-8-4-2-3-7(11)9(8)12-10(6)13/h2-4,6H,5H2,1H3,(H,12,13). The van der Waals surface area contributed by atoms with Gasteiger partial charge in [-0.1, -0.05) is 13.0 Å². The molecular formula is C10H10BrNO2. The number of nitrogens with one attached hydrogen (secondary N) is 1. The van der Waals surface area contributed by atoms with E-state index in [1.807, 2.05) is 25.1 Å². The molecule has 0 bridgehead atoms. The molecule has 1 N–H and O–H groups in total. The lowest BCUT2D eigenvalue weighted by atomic mass is 10.2. The summed E-state index contributed by atoms with van der Waals surface area (Å²) in [6, 6.07) is 5.60. The summed E-state index contributed by atoms with van der Waals surface area (Å²) >= 11 is 3.37. The maximum absolute atomic E-state index is 11.5. The van der Waals surface area contributed by atoms with Crippen LogP contribution in [0, 0.1) is 5.92 Å². The highest BCUT2D eigenvalue weighted by atomic mass is 79.9. The Hall–Kier alpha value is -1.03. The van der Waals surface area contributed by atoms with Crippen molar-refractivity contribution in [2.75, 3.05) is 11.9 Å². The molecule has 14 heavy (non-hydrogen) atoms. The SMILES string of the molecule is CC1COc2cccc(Br)c2NC1=O. The third kappa shape index (κ3) is 1.62. The Balaban J connectivity index is 2.43. The average Bonchev–Trinajstić information content (AvgIpc) is 2.30. The first kappa shape index (κ1) is 9.52. The first-order valence-electron chi connectivity index (χ1n) is 4.40. The van der Waals surface area contributed by atoms with E-state index in [4.69, 9.17) is 4.74 Å². The van der Waals surface area contributed by atoms with Crippen molar-refractivity contribution in [2.45, 2.75) is 6.92 Å². The smallest absolute Gasteiger partial charge is 0.230 e. The first-order chi connectivity index (χ1) is 6.68. The monoisotopic (exact) mass is 255 g/mol. The molecule has 1 aromatic carbocycles. The maximum atomic E-state index is 11.5. The van der Waals surface area contributed by atoms with Crippen LogP contribution in [0.1, 0.15) is 6.92 Å². The molecule has 0 aliphatic carbocycles. The van der Waals surface area contributed by atoms with E-state index < -0.39 is 0 Å². The Morgan fingerprint density at radius 2 is 2.36 bits per heavy atom. The number of rotatable bonds is 0. The van der Waals surface area contributed by atoms with Crippen molar-refractivity contribution in [1.82, 2.24) is 0 Å². The second-order valence-electron chi connectivity index (χ2n) is 3.31. The lowest BCUT2D eigenvalue weighted by Crippen LogP contribution is -2.22. The van der Waals surface area contributed by atoms with Gasteiger partial charge in [-0.3, -0.25) is 4.79 Å². The fourth-order valence-corrected chi connectivity index (χ4v) is 1.73. The molecule has 0 aromatic heterocycles. The van der Waals surface area contributed by atoms with Crippen LogP contribution in [0.3, 0.4) is 0 Å².